The average molecular weight is 224 g/mol. The quantitative estimate of drug-likeness (QED) is 0.789. The molecule has 0 spiro atoms. The largest absolute Gasteiger partial charge is 0.492 e. The monoisotopic (exact) mass is 223 g/mol. The van der Waals surface area contributed by atoms with Crippen LogP contribution in [0.15, 0.2) is 18.2 Å². The molecule has 14 heavy (non-hydrogen) atoms. The van der Waals surface area contributed by atoms with Crippen LogP contribution in [0.2, 0.25) is 0 Å². The zero-order valence-electron chi connectivity index (χ0n) is 7.72. The van der Waals surface area contributed by atoms with Crippen molar-refractivity contribution in [3.63, 3.8) is 0 Å². The Labute approximate surface area is 87.7 Å². The summed E-state index contributed by atoms with van der Waals surface area (Å²) < 4.78 is 30.3. The summed E-state index contributed by atoms with van der Waals surface area (Å²) in [5.41, 5.74) is 0. The summed E-state index contributed by atoms with van der Waals surface area (Å²) in [4.78, 5) is 0. The van der Waals surface area contributed by atoms with Crippen LogP contribution in [0.25, 0.3) is 0 Å². The predicted molar refractivity (Wildman–Crippen MR) is 53.0 cm³/mol. The molecule has 0 aliphatic rings. The van der Waals surface area contributed by atoms with Gasteiger partial charge in [0.1, 0.15) is 24.0 Å². The summed E-state index contributed by atoms with van der Waals surface area (Å²) >= 11 is 0. The van der Waals surface area contributed by atoms with Crippen LogP contribution < -0.4 is 10.1 Å². The number of rotatable bonds is 4. The minimum absolute atomic E-state index is 0. The molecular weight excluding hydrogens is 212 g/mol. The number of benzene rings is 1. The summed E-state index contributed by atoms with van der Waals surface area (Å²) in [7, 11) is 1.77. The Balaban J connectivity index is 0.00000169. The Morgan fingerprint density at radius 1 is 1.21 bits per heavy atom. The molecule has 1 rings (SSSR count). The van der Waals surface area contributed by atoms with Crippen molar-refractivity contribution in [3.05, 3.63) is 29.8 Å². The van der Waals surface area contributed by atoms with Crippen LogP contribution in [0.1, 0.15) is 0 Å². The first-order chi connectivity index (χ1) is 6.22. The molecule has 0 saturated carbocycles. The van der Waals surface area contributed by atoms with E-state index in [1.807, 2.05) is 0 Å². The second-order valence-electron chi connectivity index (χ2n) is 2.56. The van der Waals surface area contributed by atoms with Crippen LogP contribution in [0, 0.1) is 11.6 Å². The minimum atomic E-state index is -0.626. The van der Waals surface area contributed by atoms with Crippen molar-refractivity contribution < 1.29 is 13.5 Å². The van der Waals surface area contributed by atoms with Gasteiger partial charge in [-0.15, -0.1) is 12.4 Å². The zero-order valence-corrected chi connectivity index (χ0v) is 8.54. The molecule has 0 aromatic heterocycles. The van der Waals surface area contributed by atoms with Crippen LogP contribution in [-0.4, -0.2) is 20.2 Å². The molecule has 0 aliphatic heterocycles. The second kappa shape index (κ2) is 6.56. The summed E-state index contributed by atoms with van der Waals surface area (Å²) in [6, 6.07) is 3.11. The lowest BCUT2D eigenvalue weighted by Gasteiger charge is -2.05. The van der Waals surface area contributed by atoms with E-state index in [1.54, 1.807) is 7.05 Å². The normalized spacial score (nSPS) is 9.36. The van der Waals surface area contributed by atoms with Crippen molar-refractivity contribution >= 4 is 12.4 Å². The average Bonchev–Trinajstić information content (AvgIpc) is 2.03. The summed E-state index contributed by atoms with van der Waals surface area (Å²) in [6.45, 7) is 1.03. The molecule has 0 bridgehead atoms. The molecule has 1 N–H and O–H groups in total. The lowest BCUT2D eigenvalue weighted by molar-refractivity contribution is 0.315. The highest BCUT2D eigenvalue weighted by Gasteiger charge is 2.00. The fraction of sp³-hybridized carbons (Fsp3) is 0.333. The van der Waals surface area contributed by atoms with Crippen LogP contribution >= 0.6 is 12.4 Å². The fourth-order valence-corrected chi connectivity index (χ4v) is 0.883. The highest BCUT2D eigenvalue weighted by atomic mass is 35.5. The van der Waals surface area contributed by atoms with Gasteiger partial charge in [-0.2, -0.15) is 0 Å². The van der Waals surface area contributed by atoms with Gasteiger partial charge < -0.3 is 10.1 Å². The second-order valence-corrected chi connectivity index (χ2v) is 2.56. The lowest BCUT2D eigenvalue weighted by Crippen LogP contribution is -2.16. The first kappa shape index (κ1) is 13.1. The lowest BCUT2D eigenvalue weighted by atomic mass is 10.3. The zero-order chi connectivity index (χ0) is 9.68. The van der Waals surface area contributed by atoms with Gasteiger partial charge >= 0.3 is 0 Å². The van der Waals surface area contributed by atoms with E-state index in [9.17, 15) is 8.78 Å². The third-order valence-corrected chi connectivity index (χ3v) is 1.46. The van der Waals surface area contributed by atoms with Crippen molar-refractivity contribution in [2.45, 2.75) is 0 Å². The van der Waals surface area contributed by atoms with Crippen molar-refractivity contribution in [2.24, 2.45) is 0 Å². The Kier molecular flexibility index (Phi) is 6.16. The number of hydrogen-bond acceptors (Lipinski definition) is 2. The van der Waals surface area contributed by atoms with E-state index in [1.165, 1.54) is 0 Å². The van der Waals surface area contributed by atoms with Crippen molar-refractivity contribution in [1.29, 1.82) is 0 Å². The smallest absolute Gasteiger partial charge is 0.129 e. The maximum Gasteiger partial charge on any atom is 0.129 e. The minimum Gasteiger partial charge on any atom is -0.492 e. The third-order valence-electron chi connectivity index (χ3n) is 1.46. The fourth-order valence-electron chi connectivity index (χ4n) is 0.883. The summed E-state index contributed by atoms with van der Waals surface area (Å²) in [6.07, 6.45) is 0. The Hall–Kier alpha value is -0.870. The molecule has 0 radical (unpaired) electrons. The van der Waals surface area contributed by atoms with Gasteiger partial charge in [0.2, 0.25) is 0 Å². The molecule has 0 atom stereocenters. The van der Waals surface area contributed by atoms with E-state index in [2.05, 4.69) is 5.32 Å². The highest BCUT2D eigenvalue weighted by Crippen LogP contribution is 2.14. The standard InChI is InChI=1S/C9H11F2NO.ClH/c1-12-2-3-13-9-5-7(10)4-8(11)6-9;/h4-6,12H,2-3H2,1H3;1H. The Bertz CT molecular complexity index is 263. The molecule has 0 amide bonds. The van der Waals surface area contributed by atoms with Crippen LogP contribution in [0.5, 0.6) is 5.75 Å². The van der Waals surface area contributed by atoms with E-state index >= 15 is 0 Å². The van der Waals surface area contributed by atoms with Crippen LogP contribution in [0.4, 0.5) is 8.78 Å². The molecule has 0 aliphatic carbocycles. The summed E-state index contributed by atoms with van der Waals surface area (Å²) in [5.74, 6) is -1.04. The number of halogens is 3. The molecule has 2 nitrogen and oxygen atoms in total. The van der Waals surface area contributed by atoms with E-state index in [0.717, 1.165) is 18.2 Å². The topological polar surface area (TPSA) is 21.3 Å². The molecule has 1 aromatic carbocycles. The predicted octanol–water partition coefficient (Wildman–Crippen LogP) is 1.98. The van der Waals surface area contributed by atoms with Gasteiger partial charge in [0, 0.05) is 24.7 Å². The van der Waals surface area contributed by atoms with Crippen molar-refractivity contribution in [1.82, 2.24) is 5.32 Å². The van der Waals surface area contributed by atoms with Crippen LogP contribution in [0.3, 0.4) is 0 Å². The van der Waals surface area contributed by atoms with E-state index in [-0.39, 0.29) is 18.2 Å². The van der Waals surface area contributed by atoms with Crippen molar-refractivity contribution in [3.8, 4) is 5.75 Å². The van der Waals surface area contributed by atoms with Gasteiger partial charge in [0.05, 0.1) is 0 Å². The number of ether oxygens (including phenoxy) is 1. The molecule has 0 unspecified atom stereocenters. The third kappa shape index (κ3) is 4.39. The van der Waals surface area contributed by atoms with Gasteiger partial charge in [-0.25, -0.2) is 8.78 Å². The van der Waals surface area contributed by atoms with Gasteiger partial charge in [0.25, 0.3) is 0 Å². The Morgan fingerprint density at radius 2 is 1.79 bits per heavy atom. The molecule has 0 fully saturated rings. The van der Waals surface area contributed by atoms with E-state index in [4.69, 9.17) is 4.74 Å². The molecule has 80 valence electrons. The van der Waals surface area contributed by atoms with Crippen molar-refractivity contribution in [2.75, 3.05) is 20.2 Å². The maximum atomic E-state index is 12.6. The van der Waals surface area contributed by atoms with Gasteiger partial charge in [-0.1, -0.05) is 0 Å². The van der Waals surface area contributed by atoms with Gasteiger partial charge in [-0.3, -0.25) is 0 Å². The highest BCUT2D eigenvalue weighted by molar-refractivity contribution is 5.85. The SMILES string of the molecule is CNCCOc1cc(F)cc(F)c1.Cl. The number of likely N-dealkylation sites (N-methyl/N-ethyl adjacent to an activating group) is 1. The molecule has 0 saturated heterocycles. The maximum absolute atomic E-state index is 12.6. The summed E-state index contributed by atoms with van der Waals surface area (Å²) in [5, 5.41) is 2.85. The Morgan fingerprint density at radius 3 is 2.29 bits per heavy atom. The van der Waals surface area contributed by atoms with E-state index < -0.39 is 11.6 Å². The van der Waals surface area contributed by atoms with Gasteiger partial charge in [-0.05, 0) is 7.05 Å². The molecular formula is C9H12ClF2NO. The number of hydrogen-bond donors (Lipinski definition) is 1. The van der Waals surface area contributed by atoms with Crippen LogP contribution in [-0.2, 0) is 0 Å². The molecule has 5 heteroatoms. The molecule has 0 heterocycles. The van der Waals surface area contributed by atoms with E-state index in [0.29, 0.717) is 13.2 Å². The first-order valence-electron chi connectivity index (χ1n) is 3.96. The number of nitrogens with one attached hydrogen (secondary N) is 1. The first-order valence-corrected chi connectivity index (χ1v) is 3.96. The molecule has 1 aromatic rings. The van der Waals surface area contributed by atoms with Gasteiger partial charge in [0.15, 0.2) is 0 Å².